The van der Waals surface area contributed by atoms with Crippen LogP contribution in [0, 0.1) is 11.3 Å². The van der Waals surface area contributed by atoms with Crippen LogP contribution in [-0.4, -0.2) is 0 Å². The van der Waals surface area contributed by atoms with Gasteiger partial charge >= 0.3 is 0 Å². The van der Waals surface area contributed by atoms with E-state index in [1.54, 1.807) is 0 Å². The number of fused-ring (bicyclic) bond motifs is 6. The second kappa shape index (κ2) is 8.95. The van der Waals surface area contributed by atoms with E-state index in [-0.39, 0.29) is 0 Å². The highest BCUT2D eigenvalue weighted by molar-refractivity contribution is 7.25. The predicted octanol–water partition coefficient (Wildman–Crippen LogP) is 10.8. The molecule has 0 spiro atoms. The lowest BCUT2D eigenvalue weighted by atomic mass is 9.89. The Labute approximate surface area is 235 Å². The molecule has 0 amide bonds. The molecule has 0 saturated carbocycles. The average molecular weight is 528 g/mol. The van der Waals surface area contributed by atoms with Gasteiger partial charge in [-0.1, -0.05) is 91.0 Å². The molecule has 3 heteroatoms. The third-order valence-corrected chi connectivity index (χ3v) is 8.86. The molecule has 2 aromatic heterocycles. The van der Waals surface area contributed by atoms with Crippen molar-refractivity contribution in [1.82, 2.24) is 0 Å². The molecule has 0 bridgehead atoms. The quantitative estimate of drug-likeness (QED) is 0.229. The number of thiophene rings is 1. The lowest BCUT2D eigenvalue weighted by Gasteiger charge is -2.14. The summed E-state index contributed by atoms with van der Waals surface area (Å²) < 4.78 is 9.00. The molecule has 0 aliphatic heterocycles. The van der Waals surface area contributed by atoms with Crippen molar-refractivity contribution < 1.29 is 4.42 Å². The summed E-state index contributed by atoms with van der Waals surface area (Å²) in [5.41, 5.74) is 8.90. The third kappa shape index (κ3) is 3.55. The van der Waals surface area contributed by atoms with Crippen molar-refractivity contribution in [2.75, 3.05) is 0 Å². The van der Waals surface area contributed by atoms with Gasteiger partial charge < -0.3 is 4.42 Å². The number of hydrogen-bond donors (Lipinski definition) is 0. The Morgan fingerprint density at radius 2 is 1.25 bits per heavy atom. The fourth-order valence-corrected chi connectivity index (χ4v) is 6.96. The van der Waals surface area contributed by atoms with Gasteiger partial charge in [0.05, 0.1) is 11.6 Å². The zero-order valence-electron chi connectivity index (χ0n) is 21.4. The number of rotatable bonds is 3. The largest absolute Gasteiger partial charge is 0.455 e. The summed E-state index contributed by atoms with van der Waals surface area (Å²) in [5, 5.41) is 14.5. The van der Waals surface area contributed by atoms with Gasteiger partial charge in [0.25, 0.3) is 0 Å². The first-order valence-electron chi connectivity index (χ1n) is 13.2. The standard InChI is InChI=1S/C37H21NOS/c38-22-23-7-5-8-26(19-23)33-20-24(25-16-18-30-29-10-2-4-14-35(29)40-36(30)21-25)15-17-27(33)31-11-6-12-32-28-9-1-3-13-34(28)39-37(31)32/h1-21H. The van der Waals surface area contributed by atoms with Crippen LogP contribution in [0.15, 0.2) is 132 Å². The van der Waals surface area contributed by atoms with Crippen LogP contribution in [-0.2, 0) is 0 Å². The van der Waals surface area contributed by atoms with Crippen molar-refractivity contribution in [3.05, 3.63) is 133 Å². The second-order valence-corrected chi connectivity index (χ2v) is 11.1. The van der Waals surface area contributed by atoms with Crippen molar-refractivity contribution in [2.24, 2.45) is 0 Å². The first-order valence-corrected chi connectivity index (χ1v) is 14.1. The molecular formula is C37H21NOS. The Balaban J connectivity index is 1.36. The van der Waals surface area contributed by atoms with Crippen LogP contribution in [0.3, 0.4) is 0 Å². The van der Waals surface area contributed by atoms with Gasteiger partial charge in [-0.25, -0.2) is 0 Å². The molecule has 186 valence electrons. The lowest BCUT2D eigenvalue weighted by molar-refractivity contribution is 0.670. The maximum absolute atomic E-state index is 9.65. The summed E-state index contributed by atoms with van der Waals surface area (Å²) in [4.78, 5) is 0. The molecule has 2 heterocycles. The van der Waals surface area contributed by atoms with Gasteiger partial charge in [-0.2, -0.15) is 5.26 Å². The van der Waals surface area contributed by atoms with E-state index in [1.165, 1.54) is 25.7 Å². The maximum Gasteiger partial charge on any atom is 0.143 e. The van der Waals surface area contributed by atoms with E-state index in [2.05, 4.69) is 97.1 Å². The SMILES string of the molecule is N#Cc1cccc(-c2cc(-c3ccc4c(c3)sc3ccccc34)ccc2-c2cccc3c2oc2ccccc23)c1. The van der Waals surface area contributed by atoms with Gasteiger partial charge in [0.1, 0.15) is 11.2 Å². The van der Waals surface area contributed by atoms with E-state index < -0.39 is 0 Å². The topological polar surface area (TPSA) is 36.9 Å². The summed E-state index contributed by atoms with van der Waals surface area (Å²) in [6.45, 7) is 0. The number of benzene rings is 6. The van der Waals surface area contributed by atoms with E-state index in [1.807, 2.05) is 47.7 Å². The third-order valence-electron chi connectivity index (χ3n) is 7.73. The van der Waals surface area contributed by atoms with Crippen molar-refractivity contribution >= 4 is 53.4 Å². The van der Waals surface area contributed by atoms with Crippen LogP contribution in [0.2, 0.25) is 0 Å². The maximum atomic E-state index is 9.65. The molecule has 0 atom stereocenters. The molecule has 0 N–H and O–H groups in total. The lowest BCUT2D eigenvalue weighted by Crippen LogP contribution is -1.89. The average Bonchev–Trinajstić information content (AvgIpc) is 3.59. The summed E-state index contributed by atoms with van der Waals surface area (Å²) in [6.07, 6.45) is 0. The van der Waals surface area contributed by atoms with Crippen molar-refractivity contribution in [3.8, 4) is 39.4 Å². The van der Waals surface area contributed by atoms with E-state index in [0.717, 1.165) is 49.8 Å². The highest BCUT2D eigenvalue weighted by Crippen LogP contribution is 2.42. The second-order valence-electron chi connectivity index (χ2n) is 10.0. The van der Waals surface area contributed by atoms with Gasteiger partial charge in [-0.15, -0.1) is 11.3 Å². The summed E-state index contributed by atoms with van der Waals surface area (Å²) in [6, 6.07) is 46.7. The molecule has 0 unspecified atom stereocenters. The van der Waals surface area contributed by atoms with Gasteiger partial charge in [0, 0.05) is 36.5 Å². The van der Waals surface area contributed by atoms with Crippen LogP contribution in [0.25, 0.3) is 75.5 Å². The Hall–Kier alpha value is -5.17. The van der Waals surface area contributed by atoms with Gasteiger partial charge in [-0.3, -0.25) is 0 Å². The minimum absolute atomic E-state index is 0.641. The molecule has 8 rings (SSSR count). The van der Waals surface area contributed by atoms with Crippen LogP contribution < -0.4 is 0 Å². The minimum Gasteiger partial charge on any atom is -0.455 e. The molecule has 6 aromatic carbocycles. The number of furan rings is 1. The van der Waals surface area contributed by atoms with E-state index >= 15 is 0 Å². The van der Waals surface area contributed by atoms with Gasteiger partial charge in [-0.05, 0) is 64.2 Å². The number of para-hydroxylation sites is 2. The zero-order chi connectivity index (χ0) is 26.6. The molecular weight excluding hydrogens is 506 g/mol. The van der Waals surface area contributed by atoms with Crippen molar-refractivity contribution in [3.63, 3.8) is 0 Å². The first-order chi connectivity index (χ1) is 19.8. The zero-order valence-corrected chi connectivity index (χ0v) is 22.2. The van der Waals surface area contributed by atoms with E-state index in [0.29, 0.717) is 5.56 Å². The number of nitrogens with zero attached hydrogens (tertiary/aromatic N) is 1. The highest BCUT2D eigenvalue weighted by Gasteiger charge is 2.17. The van der Waals surface area contributed by atoms with E-state index in [9.17, 15) is 5.26 Å². The first kappa shape index (κ1) is 22.8. The normalized spacial score (nSPS) is 11.5. The van der Waals surface area contributed by atoms with Crippen molar-refractivity contribution in [1.29, 1.82) is 5.26 Å². The Morgan fingerprint density at radius 3 is 2.17 bits per heavy atom. The molecule has 0 radical (unpaired) electrons. The van der Waals surface area contributed by atoms with Crippen LogP contribution in [0.4, 0.5) is 0 Å². The van der Waals surface area contributed by atoms with Gasteiger partial charge in [0.2, 0.25) is 0 Å². The molecule has 40 heavy (non-hydrogen) atoms. The Kier molecular flexibility index (Phi) is 5.10. The number of nitriles is 1. The molecule has 8 aromatic rings. The minimum atomic E-state index is 0.641. The molecule has 0 aliphatic rings. The summed E-state index contributed by atoms with van der Waals surface area (Å²) in [5.74, 6) is 0. The fraction of sp³-hybridized carbons (Fsp3) is 0. The summed E-state index contributed by atoms with van der Waals surface area (Å²) >= 11 is 1.83. The van der Waals surface area contributed by atoms with Crippen molar-refractivity contribution in [2.45, 2.75) is 0 Å². The highest BCUT2D eigenvalue weighted by atomic mass is 32.1. The smallest absolute Gasteiger partial charge is 0.143 e. The molecule has 2 nitrogen and oxygen atoms in total. The van der Waals surface area contributed by atoms with E-state index in [4.69, 9.17) is 4.42 Å². The van der Waals surface area contributed by atoms with Gasteiger partial charge in [0.15, 0.2) is 0 Å². The fourth-order valence-electron chi connectivity index (χ4n) is 5.82. The summed E-state index contributed by atoms with van der Waals surface area (Å²) in [7, 11) is 0. The van der Waals surface area contributed by atoms with Crippen LogP contribution >= 0.6 is 11.3 Å². The molecule has 0 saturated heterocycles. The van der Waals surface area contributed by atoms with Crippen LogP contribution in [0.1, 0.15) is 5.56 Å². The molecule has 0 aliphatic carbocycles. The number of hydrogen-bond acceptors (Lipinski definition) is 3. The monoisotopic (exact) mass is 527 g/mol. The Bertz CT molecular complexity index is 2300. The van der Waals surface area contributed by atoms with Crippen LogP contribution in [0.5, 0.6) is 0 Å². The Morgan fingerprint density at radius 1 is 0.500 bits per heavy atom. The predicted molar refractivity (Wildman–Crippen MR) is 168 cm³/mol. The molecule has 0 fully saturated rings.